The summed E-state index contributed by atoms with van der Waals surface area (Å²) in [5.74, 6) is 1.43. The SMILES string of the molecule is Cc1noc(C(C)NC(=O)COCCOc2ccccc2)n1. The summed E-state index contributed by atoms with van der Waals surface area (Å²) in [6, 6.07) is 9.08. The smallest absolute Gasteiger partial charge is 0.248 e. The van der Waals surface area contributed by atoms with Crippen molar-refractivity contribution in [1.29, 1.82) is 0 Å². The summed E-state index contributed by atoms with van der Waals surface area (Å²) in [4.78, 5) is 15.8. The van der Waals surface area contributed by atoms with Crippen LogP contribution in [0.15, 0.2) is 34.9 Å². The van der Waals surface area contributed by atoms with Crippen LogP contribution in [-0.4, -0.2) is 35.9 Å². The maximum absolute atomic E-state index is 11.7. The molecule has 1 aromatic heterocycles. The van der Waals surface area contributed by atoms with E-state index in [4.69, 9.17) is 14.0 Å². The van der Waals surface area contributed by atoms with Crippen molar-refractivity contribution in [2.45, 2.75) is 19.9 Å². The lowest BCUT2D eigenvalue weighted by Crippen LogP contribution is -2.30. The van der Waals surface area contributed by atoms with E-state index in [1.807, 2.05) is 30.3 Å². The number of benzene rings is 1. The van der Waals surface area contributed by atoms with E-state index in [1.165, 1.54) is 0 Å². The Hall–Kier alpha value is -2.41. The van der Waals surface area contributed by atoms with Gasteiger partial charge in [0.05, 0.1) is 6.61 Å². The van der Waals surface area contributed by atoms with E-state index < -0.39 is 0 Å². The molecule has 0 aliphatic heterocycles. The fraction of sp³-hybridized carbons (Fsp3) is 0.400. The topological polar surface area (TPSA) is 86.5 Å². The van der Waals surface area contributed by atoms with Crippen molar-refractivity contribution in [2.75, 3.05) is 19.8 Å². The molecule has 1 unspecified atom stereocenters. The van der Waals surface area contributed by atoms with Crippen LogP contribution < -0.4 is 10.1 Å². The third kappa shape index (κ3) is 5.17. The minimum absolute atomic E-state index is 0.0460. The number of nitrogens with zero attached hydrogens (tertiary/aromatic N) is 2. The molecule has 0 radical (unpaired) electrons. The van der Waals surface area contributed by atoms with Gasteiger partial charge in [-0.1, -0.05) is 23.4 Å². The third-order valence-corrected chi connectivity index (χ3v) is 2.76. The maximum Gasteiger partial charge on any atom is 0.248 e. The minimum Gasteiger partial charge on any atom is -0.491 e. The van der Waals surface area contributed by atoms with E-state index in [9.17, 15) is 4.79 Å². The fourth-order valence-electron chi connectivity index (χ4n) is 1.73. The first-order valence-electron chi connectivity index (χ1n) is 7.00. The van der Waals surface area contributed by atoms with Crippen molar-refractivity contribution in [2.24, 2.45) is 0 Å². The predicted molar refractivity (Wildman–Crippen MR) is 78.3 cm³/mol. The zero-order valence-corrected chi connectivity index (χ0v) is 12.6. The van der Waals surface area contributed by atoms with Crippen LogP contribution >= 0.6 is 0 Å². The first-order valence-corrected chi connectivity index (χ1v) is 7.00. The summed E-state index contributed by atoms with van der Waals surface area (Å²) in [5.41, 5.74) is 0. The Morgan fingerprint density at radius 3 is 2.77 bits per heavy atom. The van der Waals surface area contributed by atoms with Gasteiger partial charge in [-0.25, -0.2) is 0 Å². The first kappa shape index (κ1) is 16.0. The van der Waals surface area contributed by atoms with E-state index in [0.29, 0.717) is 24.9 Å². The lowest BCUT2D eigenvalue weighted by atomic mass is 10.3. The van der Waals surface area contributed by atoms with Crippen molar-refractivity contribution in [3.05, 3.63) is 42.0 Å². The molecule has 0 aliphatic carbocycles. The van der Waals surface area contributed by atoms with Gasteiger partial charge in [-0.2, -0.15) is 4.98 Å². The van der Waals surface area contributed by atoms with Crippen LogP contribution in [0.4, 0.5) is 0 Å². The molecule has 7 nitrogen and oxygen atoms in total. The van der Waals surface area contributed by atoms with Crippen LogP contribution in [0.5, 0.6) is 5.75 Å². The van der Waals surface area contributed by atoms with Crippen molar-refractivity contribution in [3.63, 3.8) is 0 Å². The highest BCUT2D eigenvalue weighted by Crippen LogP contribution is 2.09. The van der Waals surface area contributed by atoms with E-state index in [2.05, 4.69) is 15.5 Å². The summed E-state index contributed by atoms with van der Waals surface area (Å²) in [6.07, 6.45) is 0. The summed E-state index contributed by atoms with van der Waals surface area (Å²) in [6.45, 7) is 4.16. The largest absolute Gasteiger partial charge is 0.491 e. The molecule has 0 fully saturated rings. The van der Waals surface area contributed by atoms with E-state index >= 15 is 0 Å². The number of rotatable bonds is 8. The summed E-state index contributed by atoms with van der Waals surface area (Å²) >= 11 is 0. The highest BCUT2D eigenvalue weighted by molar-refractivity contribution is 5.77. The third-order valence-electron chi connectivity index (χ3n) is 2.76. The second-order valence-electron chi connectivity index (χ2n) is 4.68. The van der Waals surface area contributed by atoms with Gasteiger partial charge in [0, 0.05) is 0 Å². The highest BCUT2D eigenvalue weighted by Gasteiger charge is 2.15. The van der Waals surface area contributed by atoms with Crippen molar-refractivity contribution < 1.29 is 18.8 Å². The number of nitrogens with one attached hydrogen (secondary N) is 1. The molecule has 0 bridgehead atoms. The van der Waals surface area contributed by atoms with Crippen LogP contribution in [0, 0.1) is 6.92 Å². The van der Waals surface area contributed by atoms with Gasteiger partial charge in [0.1, 0.15) is 25.0 Å². The van der Waals surface area contributed by atoms with Crippen molar-refractivity contribution in [3.8, 4) is 5.75 Å². The number of amides is 1. The van der Waals surface area contributed by atoms with Gasteiger partial charge in [-0.05, 0) is 26.0 Å². The Labute approximate surface area is 128 Å². The number of hydrogen-bond donors (Lipinski definition) is 1. The van der Waals surface area contributed by atoms with Gasteiger partial charge in [0.15, 0.2) is 5.82 Å². The van der Waals surface area contributed by atoms with Gasteiger partial charge in [-0.15, -0.1) is 0 Å². The number of aryl methyl sites for hydroxylation is 1. The van der Waals surface area contributed by atoms with Crippen LogP contribution in [0.2, 0.25) is 0 Å². The molecule has 1 aromatic carbocycles. The zero-order valence-electron chi connectivity index (χ0n) is 12.6. The molecule has 22 heavy (non-hydrogen) atoms. The van der Waals surface area contributed by atoms with Crippen LogP contribution in [0.25, 0.3) is 0 Å². The minimum atomic E-state index is -0.349. The average molecular weight is 305 g/mol. The predicted octanol–water partition coefficient (Wildman–Crippen LogP) is 1.65. The zero-order chi connectivity index (χ0) is 15.8. The van der Waals surface area contributed by atoms with Gasteiger partial charge >= 0.3 is 0 Å². The highest BCUT2D eigenvalue weighted by atomic mass is 16.5. The number of carbonyl (C=O) groups is 1. The van der Waals surface area contributed by atoms with Crippen molar-refractivity contribution in [1.82, 2.24) is 15.5 Å². The number of hydrogen-bond acceptors (Lipinski definition) is 6. The molecule has 0 spiro atoms. The molecule has 1 N–H and O–H groups in total. The molecular weight excluding hydrogens is 286 g/mol. The number of carbonyl (C=O) groups excluding carboxylic acids is 1. The van der Waals surface area contributed by atoms with Gasteiger partial charge in [0.2, 0.25) is 11.8 Å². The molecule has 1 amide bonds. The summed E-state index contributed by atoms with van der Waals surface area (Å²) < 4.78 is 15.7. The maximum atomic E-state index is 11.7. The second kappa shape index (κ2) is 8.14. The molecule has 0 aliphatic rings. The standard InChI is InChI=1S/C15H19N3O4/c1-11(15-17-12(2)18-22-15)16-14(19)10-20-8-9-21-13-6-4-3-5-7-13/h3-7,11H,8-10H2,1-2H3,(H,16,19). The Balaban J connectivity index is 1.59. The van der Waals surface area contributed by atoms with Crippen LogP contribution in [0.3, 0.4) is 0 Å². The number of para-hydroxylation sites is 1. The van der Waals surface area contributed by atoms with Gasteiger partial charge in [-0.3, -0.25) is 4.79 Å². The van der Waals surface area contributed by atoms with E-state index in [1.54, 1.807) is 13.8 Å². The normalized spacial score (nSPS) is 11.9. The molecule has 1 atom stereocenters. The lowest BCUT2D eigenvalue weighted by Gasteiger charge is -2.10. The Morgan fingerprint density at radius 2 is 2.09 bits per heavy atom. The molecular formula is C15H19N3O4. The Bertz CT molecular complexity index is 585. The van der Waals surface area contributed by atoms with Gasteiger partial charge in [0.25, 0.3) is 0 Å². The monoisotopic (exact) mass is 305 g/mol. The molecule has 2 rings (SSSR count). The average Bonchev–Trinajstić information content (AvgIpc) is 2.94. The number of ether oxygens (including phenoxy) is 2. The Morgan fingerprint density at radius 1 is 1.32 bits per heavy atom. The lowest BCUT2D eigenvalue weighted by molar-refractivity contribution is -0.126. The van der Waals surface area contributed by atoms with E-state index in [0.717, 1.165) is 5.75 Å². The number of aromatic nitrogens is 2. The molecule has 118 valence electrons. The van der Waals surface area contributed by atoms with Crippen LogP contribution in [-0.2, 0) is 9.53 Å². The second-order valence-corrected chi connectivity index (χ2v) is 4.68. The molecule has 7 heteroatoms. The molecule has 0 saturated heterocycles. The van der Waals surface area contributed by atoms with Crippen molar-refractivity contribution >= 4 is 5.91 Å². The van der Waals surface area contributed by atoms with E-state index in [-0.39, 0.29) is 18.6 Å². The summed E-state index contributed by atoms with van der Waals surface area (Å²) in [5, 5.41) is 6.39. The molecule has 1 heterocycles. The summed E-state index contributed by atoms with van der Waals surface area (Å²) in [7, 11) is 0. The first-order chi connectivity index (χ1) is 10.6. The van der Waals surface area contributed by atoms with Gasteiger partial charge < -0.3 is 19.3 Å². The fourth-order valence-corrected chi connectivity index (χ4v) is 1.73. The Kier molecular flexibility index (Phi) is 5.91. The molecule has 2 aromatic rings. The molecule has 0 saturated carbocycles. The quantitative estimate of drug-likeness (QED) is 0.746. The van der Waals surface area contributed by atoms with Crippen LogP contribution in [0.1, 0.15) is 24.7 Å².